The Morgan fingerprint density at radius 3 is 1.90 bits per heavy atom. The average molecular weight is 521 g/mol. The van der Waals surface area contributed by atoms with Crippen LogP contribution >= 0.6 is 0 Å². The zero-order valence-electron chi connectivity index (χ0n) is 22.5. The highest BCUT2D eigenvalue weighted by molar-refractivity contribution is 5.97. The molecule has 0 aliphatic carbocycles. The molecule has 7 nitrogen and oxygen atoms in total. The first kappa shape index (κ1) is 26.5. The Balaban J connectivity index is 1.20. The zero-order chi connectivity index (χ0) is 27.0. The molecule has 2 fully saturated rings. The van der Waals surface area contributed by atoms with Gasteiger partial charge in [-0.05, 0) is 42.4 Å². The Hall–Kier alpha value is -4.12. The van der Waals surface area contributed by atoms with E-state index in [1.807, 2.05) is 24.3 Å². The second-order valence-corrected chi connectivity index (χ2v) is 10.2. The lowest BCUT2D eigenvalue weighted by molar-refractivity contribution is -0.128. The maximum Gasteiger partial charge on any atom is 0.266 e. The zero-order valence-corrected chi connectivity index (χ0v) is 22.5. The van der Waals surface area contributed by atoms with Gasteiger partial charge in [0.05, 0.1) is 6.04 Å². The Morgan fingerprint density at radius 1 is 0.795 bits per heavy atom. The van der Waals surface area contributed by atoms with E-state index in [0.29, 0.717) is 13.1 Å². The molecule has 0 aromatic heterocycles. The highest BCUT2D eigenvalue weighted by atomic mass is 16.2. The summed E-state index contributed by atoms with van der Waals surface area (Å²) in [7, 11) is 2.15. The third-order valence-electron chi connectivity index (χ3n) is 7.67. The summed E-state index contributed by atoms with van der Waals surface area (Å²) in [6, 6.07) is 31.4. The van der Waals surface area contributed by atoms with Gasteiger partial charge in [0.1, 0.15) is 11.6 Å². The van der Waals surface area contributed by atoms with Crippen molar-refractivity contribution in [3.63, 3.8) is 0 Å². The molecule has 200 valence electrons. The maximum atomic E-state index is 13.2. The van der Waals surface area contributed by atoms with Crippen LogP contribution in [-0.2, 0) is 4.79 Å². The predicted molar refractivity (Wildman–Crippen MR) is 156 cm³/mol. The SMILES string of the molecule is CN1CCN(c2ccc(N/C=C(/C#N)C(=O)N3CCN(C(c4ccccc4)c4ccccc4)CC3)cc2)CC1. The molecule has 3 aromatic rings. The summed E-state index contributed by atoms with van der Waals surface area (Å²) in [5.74, 6) is -0.227. The molecule has 0 bridgehead atoms. The standard InChI is InChI=1S/C32H36N6O/c1-35-16-18-36(19-17-35)30-14-12-29(13-15-30)34-25-28(24-33)32(39)38-22-20-37(21-23-38)31(26-8-4-2-5-9-26)27-10-6-3-7-11-27/h2-15,25,31,34H,16-23H2,1H3/b28-25-. The maximum absolute atomic E-state index is 13.2. The van der Waals surface area contributed by atoms with Crippen molar-refractivity contribution in [3.8, 4) is 6.07 Å². The molecule has 0 radical (unpaired) electrons. The van der Waals surface area contributed by atoms with Crippen LogP contribution in [0.25, 0.3) is 0 Å². The molecule has 3 aromatic carbocycles. The van der Waals surface area contributed by atoms with Gasteiger partial charge in [-0.25, -0.2) is 0 Å². The van der Waals surface area contributed by atoms with Crippen molar-refractivity contribution in [2.24, 2.45) is 0 Å². The number of rotatable bonds is 7. The number of carbonyl (C=O) groups is 1. The number of carbonyl (C=O) groups excluding carboxylic acids is 1. The quantitative estimate of drug-likeness (QED) is 0.372. The number of likely N-dealkylation sites (N-methyl/N-ethyl adjacent to an activating group) is 1. The van der Waals surface area contributed by atoms with Crippen LogP contribution in [0.2, 0.25) is 0 Å². The van der Waals surface area contributed by atoms with Gasteiger partial charge in [0.25, 0.3) is 5.91 Å². The molecular formula is C32H36N6O. The van der Waals surface area contributed by atoms with Crippen molar-refractivity contribution in [2.45, 2.75) is 6.04 Å². The number of amides is 1. The number of nitrogens with zero attached hydrogens (tertiary/aromatic N) is 5. The number of nitriles is 1. The third-order valence-corrected chi connectivity index (χ3v) is 7.67. The van der Waals surface area contributed by atoms with Crippen molar-refractivity contribution in [3.05, 3.63) is 108 Å². The first-order valence-electron chi connectivity index (χ1n) is 13.7. The van der Waals surface area contributed by atoms with Gasteiger partial charge in [-0.15, -0.1) is 0 Å². The highest BCUT2D eigenvalue weighted by Gasteiger charge is 2.29. The number of piperazine rings is 2. The topological polar surface area (TPSA) is 65.8 Å². The molecule has 2 heterocycles. The van der Waals surface area contributed by atoms with Gasteiger partial charge in [-0.1, -0.05) is 60.7 Å². The number of nitrogens with one attached hydrogen (secondary N) is 1. The minimum atomic E-state index is -0.227. The van der Waals surface area contributed by atoms with Crippen molar-refractivity contribution in [2.75, 3.05) is 69.6 Å². The van der Waals surface area contributed by atoms with Crippen LogP contribution in [0.1, 0.15) is 17.2 Å². The molecule has 2 aliphatic heterocycles. The summed E-state index contributed by atoms with van der Waals surface area (Å²) in [5.41, 5.74) is 4.64. The third kappa shape index (κ3) is 6.48. The molecule has 0 spiro atoms. The normalized spacial score (nSPS) is 17.2. The van der Waals surface area contributed by atoms with E-state index in [-0.39, 0.29) is 17.5 Å². The van der Waals surface area contributed by atoms with E-state index in [2.05, 4.69) is 93.8 Å². The Morgan fingerprint density at radius 2 is 1.36 bits per heavy atom. The summed E-state index contributed by atoms with van der Waals surface area (Å²) in [6.45, 7) is 6.78. The minimum absolute atomic E-state index is 0.120. The van der Waals surface area contributed by atoms with Gasteiger partial charge in [0, 0.05) is 69.9 Å². The lowest BCUT2D eigenvalue weighted by Crippen LogP contribution is -2.50. The van der Waals surface area contributed by atoms with Crippen molar-refractivity contribution >= 4 is 17.3 Å². The number of anilines is 2. The number of hydrogen-bond donors (Lipinski definition) is 1. The second kappa shape index (κ2) is 12.6. The Labute approximate surface area is 231 Å². The summed E-state index contributed by atoms with van der Waals surface area (Å²) in [4.78, 5) is 22.1. The van der Waals surface area contributed by atoms with Gasteiger partial charge >= 0.3 is 0 Å². The Kier molecular flexibility index (Phi) is 8.57. The fraction of sp³-hybridized carbons (Fsp3) is 0.312. The molecule has 0 unspecified atom stereocenters. The van der Waals surface area contributed by atoms with Crippen LogP contribution in [0.3, 0.4) is 0 Å². The average Bonchev–Trinajstić information content (AvgIpc) is 3.00. The van der Waals surface area contributed by atoms with Crippen LogP contribution in [0.15, 0.2) is 96.7 Å². The van der Waals surface area contributed by atoms with Gasteiger partial charge in [-0.2, -0.15) is 5.26 Å². The van der Waals surface area contributed by atoms with Crippen molar-refractivity contribution in [1.29, 1.82) is 5.26 Å². The molecule has 2 aliphatic rings. The first-order chi connectivity index (χ1) is 19.1. The second-order valence-electron chi connectivity index (χ2n) is 10.2. The van der Waals surface area contributed by atoms with Crippen molar-refractivity contribution < 1.29 is 4.79 Å². The number of hydrogen-bond acceptors (Lipinski definition) is 6. The van der Waals surface area contributed by atoms with Crippen LogP contribution in [0, 0.1) is 11.3 Å². The molecule has 5 rings (SSSR count). The van der Waals surface area contributed by atoms with E-state index in [1.165, 1.54) is 23.0 Å². The number of benzene rings is 3. The van der Waals surface area contributed by atoms with Gasteiger partial charge in [-0.3, -0.25) is 9.69 Å². The van der Waals surface area contributed by atoms with Crippen LogP contribution in [0.4, 0.5) is 11.4 Å². The van der Waals surface area contributed by atoms with E-state index in [0.717, 1.165) is 45.0 Å². The molecular weight excluding hydrogens is 484 g/mol. The molecule has 39 heavy (non-hydrogen) atoms. The summed E-state index contributed by atoms with van der Waals surface area (Å²) >= 11 is 0. The summed E-state index contributed by atoms with van der Waals surface area (Å²) in [6.07, 6.45) is 1.54. The molecule has 2 saturated heterocycles. The van der Waals surface area contributed by atoms with E-state index in [9.17, 15) is 10.1 Å². The monoisotopic (exact) mass is 520 g/mol. The molecule has 7 heteroatoms. The van der Waals surface area contributed by atoms with E-state index in [1.54, 1.807) is 4.90 Å². The highest BCUT2D eigenvalue weighted by Crippen LogP contribution is 2.29. The Bertz CT molecular complexity index is 1250. The van der Waals surface area contributed by atoms with Gasteiger partial charge in [0.15, 0.2) is 0 Å². The molecule has 0 saturated carbocycles. The first-order valence-corrected chi connectivity index (χ1v) is 13.7. The molecule has 1 amide bonds. The summed E-state index contributed by atoms with van der Waals surface area (Å²) in [5, 5.41) is 12.9. The largest absolute Gasteiger partial charge is 0.369 e. The summed E-state index contributed by atoms with van der Waals surface area (Å²) < 4.78 is 0. The van der Waals surface area contributed by atoms with Crippen molar-refractivity contribution in [1.82, 2.24) is 14.7 Å². The van der Waals surface area contributed by atoms with Crippen LogP contribution in [-0.4, -0.2) is 80.0 Å². The minimum Gasteiger partial charge on any atom is -0.369 e. The lowest BCUT2D eigenvalue weighted by atomic mass is 9.96. The van der Waals surface area contributed by atoms with E-state index in [4.69, 9.17) is 0 Å². The molecule has 1 N–H and O–H groups in total. The fourth-order valence-electron chi connectivity index (χ4n) is 5.37. The van der Waals surface area contributed by atoms with Gasteiger partial charge < -0.3 is 20.0 Å². The fourth-order valence-corrected chi connectivity index (χ4v) is 5.37. The molecule has 0 atom stereocenters. The van der Waals surface area contributed by atoms with E-state index < -0.39 is 0 Å². The van der Waals surface area contributed by atoms with E-state index >= 15 is 0 Å². The smallest absolute Gasteiger partial charge is 0.266 e. The van der Waals surface area contributed by atoms with Gasteiger partial charge in [0.2, 0.25) is 0 Å². The van der Waals surface area contributed by atoms with Crippen LogP contribution in [0.5, 0.6) is 0 Å². The lowest BCUT2D eigenvalue weighted by Gasteiger charge is -2.39. The predicted octanol–water partition coefficient (Wildman–Crippen LogP) is 4.19. The van der Waals surface area contributed by atoms with Crippen LogP contribution < -0.4 is 10.2 Å².